The standard InChI is InChI=1S/C20H17O2P/c21-16-20(17-10-4-1-5-11-17)23(22,18-12-6-2-7-13-18)19-14-8-3-9-15-19/h1-16,20H. The van der Waals surface area contributed by atoms with Crippen LogP contribution in [0, 0.1) is 0 Å². The minimum Gasteiger partial charge on any atom is -0.313 e. The molecule has 3 heteroatoms. The molecule has 3 aromatic carbocycles. The van der Waals surface area contributed by atoms with E-state index in [0.717, 1.165) is 11.8 Å². The minimum atomic E-state index is -3.12. The van der Waals surface area contributed by atoms with Gasteiger partial charge in [0.15, 0.2) is 7.14 Å². The number of benzene rings is 3. The molecule has 0 aliphatic heterocycles. The molecule has 23 heavy (non-hydrogen) atoms. The molecule has 0 aromatic heterocycles. The maximum atomic E-state index is 14.1. The summed E-state index contributed by atoms with van der Waals surface area (Å²) in [5.74, 6) is 0. The summed E-state index contributed by atoms with van der Waals surface area (Å²) in [5.41, 5.74) is 0.0899. The summed E-state index contributed by atoms with van der Waals surface area (Å²) in [6.45, 7) is 0. The smallest absolute Gasteiger partial charge is 0.157 e. The van der Waals surface area contributed by atoms with Gasteiger partial charge in [-0.25, -0.2) is 0 Å². The van der Waals surface area contributed by atoms with Crippen molar-refractivity contribution in [3.05, 3.63) is 96.6 Å². The van der Waals surface area contributed by atoms with Crippen molar-refractivity contribution in [2.24, 2.45) is 0 Å². The van der Waals surface area contributed by atoms with Crippen molar-refractivity contribution in [1.29, 1.82) is 0 Å². The van der Waals surface area contributed by atoms with Gasteiger partial charge in [0.1, 0.15) is 11.9 Å². The summed E-state index contributed by atoms with van der Waals surface area (Å²) in [7, 11) is -3.12. The first-order valence-corrected chi connectivity index (χ1v) is 9.25. The van der Waals surface area contributed by atoms with Crippen LogP contribution < -0.4 is 10.6 Å². The van der Waals surface area contributed by atoms with Gasteiger partial charge in [-0.2, -0.15) is 0 Å². The molecular formula is C20H17O2P. The van der Waals surface area contributed by atoms with Gasteiger partial charge in [-0.15, -0.1) is 0 Å². The molecule has 0 aliphatic rings. The van der Waals surface area contributed by atoms with Crippen LogP contribution in [0.5, 0.6) is 0 Å². The fraction of sp³-hybridized carbons (Fsp3) is 0.0500. The molecule has 0 radical (unpaired) electrons. The Bertz CT molecular complexity index is 771. The molecule has 0 N–H and O–H groups in total. The van der Waals surface area contributed by atoms with Gasteiger partial charge in [-0.05, 0) is 5.56 Å². The largest absolute Gasteiger partial charge is 0.313 e. The molecule has 1 atom stereocenters. The lowest BCUT2D eigenvalue weighted by molar-refractivity contribution is -0.107. The molecular weight excluding hydrogens is 303 g/mol. The third-order valence-corrected chi connectivity index (χ3v) is 7.28. The van der Waals surface area contributed by atoms with E-state index in [4.69, 9.17) is 0 Å². The van der Waals surface area contributed by atoms with Crippen molar-refractivity contribution >= 4 is 24.0 Å². The highest BCUT2D eigenvalue weighted by Crippen LogP contribution is 2.55. The first-order valence-electron chi connectivity index (χ1n) is 7.48. The Morgan fingerprint density at radius 1 is 0.652 bits per heavy atom. The van der Waals surface area contributed by atoms with Crippen molar-refractivity contribution in [2.45, 2.75) is 5.66 Å². The second-order valence-electron chi connectivity index (χ2n) is 5.32. The molecule has 0 amide bonds. The number of aldehydes is 1. The van der Waals surface area contributed by atoms with E-state index in [1.807, 2.05) is 91.0 Å². The van der Waals surface area contributed by atoms with Gasteiger partial charge in [0, 0.05) is 10.6 Å². The highest BCUT2D eigenvalue weighted by Gasteiger charge is 2.37. The van der Waals surface area contributed by atoms with E-state index in [0.29, 0.717) is 10.6 Å². The number of hydrogen-bond acceptors (Lipinski definition) is 2. The lowest BCUT2D eigenvalue weighted by Crippen LogP contribution is -2.22. The van der Waals surface area contributed by atoms with Gasteiger partial charge < -0.3 is 9.36 Å². The van der Waals surface area contributed by atoms with Crippen LogP contribution in [0.4, 0.5) is 0 Å². The van der Waals surface area contributed by atoms with Crippen molar-refractivity contribution < 1.29 is 9.36 Å². The molecule has 0 heterocycles. The summed E-state index contributed by atoms with van der Waals surface area (Å²) < 4.78 is 14.1. The van der Waals surface area contributed by atoms with Gasteiger partial charge in [0.05, 0.1) is 0 Å². The number of hydrogen-bond donors (Lipinski definition) is 0. The van der Waals surface area contributed by atoms with Crippen LogP contribution in [0.25, 0.3) is 0 Å². The van der Waals surface area contributed by atoms with Crippen LogP contribution in [0.2, 0.25) is 0 Å². The summed E-state index contributed by atoms with van der Waals surface area (Å²) in [6, 6.07) is 27.9. The molecule has 0 spiro atoms. The SMILES string of the molecule is O=CC(c1ccccc1)P(=O)(c1ccccc1)c1ccccc1. The monoisotopic (exact) mass is 320 g/mol. The first kappa shape index (κ1) is 15.5. The second kappa shape index (κ2) is 6.76. The topological polar surface area (TPSA) is 34.1 Å². The highest BCUT2D eigenvalue weighted by molar-refractivity contribution is 7.79. The van der Waals surface area contributed by atoms with Crippen LogP contribution in [0.15, 0.2) is 91.0 Å². The Hall–Kier alpha value is -2.44. The lowest BCUT2D eigenvalue weighted by Gasteiger charge is -2.25. The van der Waals surface area contributed by atoms with Crippen molar-refractivity contribution in [1.82, 2.24) is 0 Å². The van der Waals surface area contributed by atoms with Gasteiger partial charge in [0.2, 0.25) is 0 Å². The van der Waals surface area contributed by atoms with Crippen molar-refractivity contribution in [2.75, 3.05) is 0 Å². The molecule has 1 unspecified atom stereocenters. The Labute approximate surface area is 136 Å². The summed E-state index contributed by atoms with van der Waals surface area (Å²) in [4.78, 5) is 11.9. The number of carbonyl (C=O) groups is 1. The van der Waals surface area contributed by atoms with Crippen LogP contribution in [0.1, 0.15) is 11.2 Å². The number of carbonyl (C=O) groups excluding carboxylic acids is 1. The fourth-order valence-corrected chi connectivity index (χ4v) is 5.73. The maximum Gasteiger partial charge on any atom is 0.157 e. The van der Waals surface area contributed by atoms with Gasteiger partial charge >= 0.3 is 0 Å². The van der Waals surface area contributed by atoms with Gasteiger partial charge in [-0.1, -0.05) is 91.0 Å². The van der Waals surface area contributed by atoms with E-state index >= 15 is 0 Å². The Morgan fingerprint density at radius 3 is 1.43 bits per heavy atom. The van der Waals surface area contributed by atoms with Crippen molar-refractivity contribution in [3.63, 3.8) is 0 Å². The number of rotatable bonds is 5. The molecule has 0 saturated carbocycles. The average Bonchev–Trinajstić information content (AvgIpc) is 2.64. The summed E-state index contributed by atoms with van der Waals surface area (Å²) in [6.07, 6.45) is 0.816. The summed E-state index contributed by atoms with van der Waals surface area (Å²) in [5, 5.41) is 1.40. The predicted octanol–water partition coefficient (Wildman–Crippen LogP) is 3.94. The minimum absolute atomic E-state index is 0.687. The molecule has 2 nitrogen and oxygen atoms in total. The van der Waals surface area contributed by atoms with Gasteiger partial charge in [0.25, 0.3) is 0 Å². The lowest BCUT2D eigenvalue weighted by atomic mass is 10.2. The second-order valence-corrected chi connectivity index (χ2v) is 8.23. The molecule has 114 valence electrons. The van der Waals surface area contributed by atoms with Crippen LogP contribution in [-0.2, 0) is 9.36 Å². The van der Waals surface area contributed by atoms with Gasteiger partial charge in [-0.3, -0.25) is 0 Å². The maximum absolute atomic E-state index is 14.1. The van der Waals surface area contributed by atoms with E-state index in [2.05, 4.69) is 0 Å². The zero-order chi connectivity index (χ0) is 16.1. The normalized spacial score (nSPS) is 12.5. The molecule has 0 aliphatic carbocycles. The Kier molecular flexibility index (Phi) is 4.55. The van der Waals surface area contributed by atoms with Crippen molar-refractivity contribution in [3.8, 4) is 0 Å². The molecule has 3 aromatic rings. The molecule has 0 bridgehead atoms. The summed E-state index contributed by atoms with van der Waals surface area (Å²) >= 11 is 0. The Morgan fingerprint density at radius 2 is 1.04 bits per heavy atom. The first-order chi connectivity index (χ1) is 11.3. The fourth-order valence-electron chi connectivity index (χ4n) is 2.79. The van der Waals surface area contributed by atoms with E-state index < -0.39 is 12.8 Å². The third kappa shape index (κ3) is 2.91. The molecule has 0 saturated heterocycles. The van der Waals surface area contributed by atoms with Crippen LogP contribution in [-0.4, -0.2) is 6.29 Å². The highest BCUT2D eigenvalue weighted by atomic mass is 31.2. The average molecular weight is 320 g/mol. The quantitative estimate of drug-likeness (QED) is 0.527. The molecule has 3 rings (SSSR count). The van der Waals surface area contributed by atoms with E-state index in [-0.39, 0.29) is 0 Å². The van der Waals surface area contributed by atoms with E-state index in [1.165, 1.54) is 0 Å². The third-order valence-electron chi connectivity index (χ3n) is 3.94. The van der Waals surface area contributed by atoms with E-state index in [1.54, 1.807) is 0 Å². The Balaban J connectivity index is 2.24. The molecule has 0 fully saturated rings. The predicted molar refractivity (Wildman–Crippen MR) is 95.0 cm³/mol. The zero-order valence-electron chi connectivity index (χ0n) is 12.6. The van der Waals surface area contributed by atoms with Crippen LogP contribution in [0.3, 0.4) is 0 Å². The van der Waals surface area contributed by atoms with E-state index in [9.17, 15) is 9.36 Å². The zero-order valence-corrected chi connectivity index (χ0v) is 13.5. The van der Waals surface area contributed by atoms with Crippen LogP contribution >= 0.6 is 7.14 Å².